The van der Waals surface area contributed by atoms with Gasteiger partial charge in [0.25, 0.3) is 0 Å². The lowest BCUT2D eigenvalue weighted by atomic mass is 9.82. The monoisotopic (exact) mass is 545 g/mol. The van der Waals surface area contributed by atoms with Gasteiger partial charge < -0.3 is 30.1 Å². The van der Waals surface area contributed by atoms with Gasteiger partial charge in [0.1, 0.15) is 23.7 Å². The number of likely N-dealkylation sites (N-methyl/N-ethyl adjacent to an activating group) is 1. The maximum Gasteiger partial charge on any atom is 0.317 e. The van der Waals surface area contributed by atoms with Crippen molar-refractivity contribution in [2.45, 2.75) is 75.3 Å². The Morgan fingerprint density at radius 2 is 2.08 bits per heavy atom. The van der Waals surface area contributed by atoms with Crippen LogP contribution in [0.1, 0.15) is 56.9 Å². The number of carbonyl (C=O) groups excluding carboxylic acids is 1. The highest BCUT2D eigenvalue weighted by atomic mass is 35.5. The average Bonchev–Trinajstić information content (AvgIpc) is 2.89. The van der Waals surface area contributed by atoms with Crippen molar-refractivity contribution in [2.75, 3.05) is 47.0 Å². The molecule has 0 spiro atoms. The zero-order valence-electron chi connectivity index (χ0n) is 22.0. The maximum absolute atomic E-state index is 15.1. The summed E-state index contributed by atoms with van der Waals surface area (Å²) in [5, 5.41) is 18.0. The highest BCUT2D eigenvalue weighted by Gasteiger charge is 2.44. The number of ether oxygens (including phenoxy) is 2. The van der Waals surface area contributed by atoms with Gasteiger partial charge in [-0.3, -0.25) is 0 Å². The van der Waals surface area contributed by atoms with Gasteiger partial charge in [-0.2, -0.15) is 0 Å². The molecule has 1 aromatic carbocycles. The highest BCUT2D eigenvalue weighted by Crippen LogP contribution is 2.38. The number of rotatable bonds is 12. The molecule has 0 bridgehead atoms. The van der Waals surface area contributed by atoms with Gasteiger partial charge in [0.2, 0.25) is 0 Å². The number of methoxy groups -OCH3 is 1. The lowest BCUT2D eigenvalue weighted by molar-refractivity contribution is -0.147. The van der Waals surface area contributed by atoms with Crippen molar-refractivity contribution in [1.29, 1.82) is 0 Å². The van der Waals surface area contributed by atoms with E-state index >= 15 is 4.39 Å². The molecule has 2 fully saturated rings. The molecule has 3 atom stereocenters. The fraction of sp³-hybridized carbons (Fsp3) is 0.741. The molecule has 1 aromatic rings. The van der Waals surface area contributed by atoms with Gasteiger partial charge in [0.05, 0.1) is 18.2 Å². The average molecular weight is 546 g/mol. The van der Waals surface area contributed by atoms with E-state index < -0.39 is 23.7 Å². The summed E-state index contributed by atoms with van der Waals surface area (Å²) in [6, 6.07) is 4.22. The second-order valence-corrected chi connectivity index (χ2v) is 10.7. The topological polar surface area (TPSA) is 83.1 Å². The molecule has 210 valence electrons. The van der Waals surface area contributed by atoms with Crippen LogP contribution < -0.4 is 10.6 Å². The summed E-state index contributed by atoms with van der Waals surface area (Å²) >= 11 is 6.05. The minimum absolute atomic E-state index is 0.0706. The standard InChI is InChI=1S/C27H42ClF2N3O4/c1-31-17-21(16-19-8-10-20(29)11-9-19)32-26(34)33-13-15-37-24(18-33)27(35,12-3-4-14-36-2)22-6-5-7-23(28)25(22)30/h5-7,19-21,24,31,35H,3-4,8-18H2,1-2H3,(H,32,34). The number of nitrogens with one attached hydrogen (secondary N) is 2. The van der Waals surface area contributed by atoms with Crippen LogP contribution in [0.5, 0.6) is 0 Å². The van der Waals surface area contributed by atoms with E-state index in [0.717, 1.165) is 19.3 Å². The van der Waals surface area contributed by atoms with Gasteiger partial charge in [-0.05, 0) is 70.4 Å². The number of amides is 2. The number of aliphatic hydroxyl groups is 1. The first-order valence-electron chi connectivity index (χ1n) is 13.4. The fourth-order valence-electron chi connectivity index (χ4n) is 5.54. The molecule has 1 heterocycles. The molecule has 37 heavy (non-hydrogen) atoms. The molecular weight excluding hydrogens is 504 g/mol. The molecule has 0 aromatic heterocycles. The van der Waals surface area contributed by atoms with E-state index in [2.05, 4.69) is 10.6 Å². The number of nitrogens with zero attached hydrogens (tertiary/aromatic N) is 1. The molecule has 1 aliphatic heterocycles. The number of carbonyl (C=O) groups is 1. The summed E-state index contributed by atoms with van der Waals surface area (Å²) < 4.78 is 39.7. The Balaban J connectivity index is 1.70. The van der Waals surface area contributed by atoms with E-state index in [9.17, 15) is 14.3 Å². The van der Waals surface area contributed by atoms with Crippen LogP contribution in [0.15, 0.2) is 18.2 Å². The van der Waals surface area contributed by atoms with Gasteiger partial charge in [0.15, 0.2) is 0 Å². The van der Waals surface area contributed by atoms with Crippen molar-refractivity contribution in [2.24, 2.45) is 5.92 Å². The van der Waals surface area contributed by atoms with E-state index in [1.54, 1.807) is 18.1 Å². The Morgan fingerprint density at radius 3 is 2.78 bits per heavy atom. The predicted octanol–water partition coefficient (Wildman–Crippen LogP) is 4.40. The number of alkyl halides is 1. The SMILES string of the molecule is CNCC(CC1CCC(F)CC1)NC(=O)N1CCOC(C(O)(CCCCOC)c2cccc(Cl)c2F)C1. The van der Waals surface area contributed by atoms with Crippen LogP contribution >= 0.6 is 11.6 Å². The van der Waals surface area contributed by atoms with Crippen molar-refractivity contribution < 1.29 is 28.2 Å². The first-order valence-corrected chi connectivity index (χ1v) is 13.8. The van der Waals surface area contributed by atoms with Crippen molar-refractivity contribution >= 4 is 17.6 Å². The number of halogens is 3. The summed E-state index contributed by atoms with van der Waals surface area (Å²) in [7, 11) is 3.45. The number of urea groups is 1. The van der Waals surface area contributed by atoms with Gasteiger partial charge in [-0.15, -0.1) is 0 Å². The van der Waals surface area contributed by atoms with E-state index in [1.165, 1.54) is 12.1 Å². The molecule has 3 rings (SSSR count). The zero-order chi connectivity index (χ0) is 26.8. The molecule has 10 heteroatoms. The third-order valence-electron chi connectivity index (χ3n) is 7.63. The van der Waals surface area contributed by atoms with E-state index in [1.807, 2.05) is 7.05 Å². The second-order valence-electron chi connectivity index (χ2n) is 10.3. The van der Waals surface area contributed by atoms with Crippen molar-refractivity contribution in [3.05, 3.63) is 34.6 Å². The third kappa shape index (κ3) is 8.23. The number of unbranched alkanes of at least 4 members (excludes halogenated alkanes) is 1. The number of hydrogen-bond acceptors (Lipinski definition) is 5. The second kappa shape index (κ2) is 14.6. The zero-order valence-corrected chi connectivity index (χ0v) is 22.7. The fourth-order valence-corrected chi connectivity index (χ4v) is 5.71. The van der Waals surface area contributed by atoms with Crippen LogP contribution in [0, 0.1) is 11.7 Å². The van der Waals surface area contributed by atoms with Crippen molar-refractivity contribution in [3.8, 4) is 0 Å². The summed E-state index contributed by atoms with van der Waals surface area (Å²) in [5.41, 5.74) is -1.60. The Hall–Kier alpha value is -1.52. The summed E-state index contributed by atoms with van der Waals surface area (Å²) in [6.07, 6.45) is 3.56. The lowest BCUT2D eigenvalue weighted by Crippen LogP contribution is -2.58. The van der Waals surface area contributed by atoms with Crippen LogP contribution in [-0.2, 0) is 15.1 Å². The Bertz CT molecular complexity index is 859. The molecule has 1 saturated heterocycles. The normalized spacial score (nSPS) is 24.9. The molecular formula is C27H42ClF2N3O4. The Labute approximate surface area is 224 Å². The number of benzene rings is 1. The minimum atomic E-state index is -1.67. The first kappa shape index (κ1) is 30.0. The molecule has 3 unspecified atom stereocenters. The summed E-state index contributed by atoms with van der Waals surface area (Å²) in [5.74, 6) is -0.299. The van der Waals surface area contributed by atoms with Crippen LogP contribution in [0.4, 0.5) is 13.6 Å². The molecule has 2 amide bonds. The number of morpholine rings is 1. The van der Waals surface area contributed by atoms with E-state index in [0.29, 0.717) is 51.3 Å². The largest absolute Gasteiger partial charge is 0.385 e. The van der Waals surface area contributed by atoms with E-state index in [-0.39, 0.29) is 42.2 Å². The quantitative estimate of drug-likeness (QED) is 0.339. The maximum atomic E-state index is 15.1. The lowest BCUT2D eigenvalue weighted by Gasteiger charge is -2.43. The van der Waals surface area contributed by atoms with Gasteiger partial charge >= 0.3 is 6.03 Å². The van der Waals surface area contributed by atoms with Crippen LogP contribution in [0.2, 0.25) is 5.02 Å². The van der Waals surface area contributed by atoms with Crippen molar-refractivity contribution in [1.82, 2.24) is 15.5 Å². The van der Waals surface area contributed by atoms with Gasteiger partial charge in [-0.25, -0.2) is 13.6 Å². The molecule has 0 radical (unpaired) electrons. The summed E-state index contributed by atoms with van der Waals surface area (Å²) in [6.45, 7) is 1.81. The first-order chi connectivity index (χ1) is 17.8. The summed E-state index contributed by atoms with van der Waals surface area (Å²) in [4.78, 5) is 14.9. The molecule has 2 aliphatic rings. The van der Waals surface area contributed by atoms with Crippen LogP contribution in [-0.4, -0.2) is 81.4 Å². The molecule has 3 N–H and O–H groups in total. The van der Waals surface area contributed by atoms with Gasteiger partial charge in [-0.1, -0.05) is 23.7 Å². The van der Waals surface area contributed by atoms with E-state index in [4.69, 9.17) is 21.1 Å². The molecule has 1 aliphatic carbocycles. The van der Waals surface area contributed by atoms with Crippen LogP contribution in [0.3, 0.4) is 0 Å². The minimum Gasteiger partial charge on any atom is -0.385 e. The van der Waals surface area contributed by atoms with Gasteiger partial charge in [0, 0.05) is 38.4 Å². The Kier molecular flexibility index (Phi) is 11.8. The third-order valence-corrected chi connectivity index (χ3v) is 7.92. The molecule has 7 nitrogen and oxygen atoms in total. The highest BCUT2D eigenvalue weighted by molar-refractivity contribution is 6.30. The molecule has 1 saturated carbocycles. The smallest absolute Gasteiger partial charge is 0.317 e. The Morgan fingerprint density at radius 1 is 1.32 bits per heavy atom. The predicted molar refractivity (Wildman–Crippen MR) is 140 cm³/mol. The number of hydrogen-bond donors (Lipinski definition) is 3. The van der Waals surface area contributed by atoms with Crippen molar-refractivity contribution in [3.63, 3.8) is 0 Å². The van der Waals surface area contributed by atoms with Crippen LogP contribution in [0.25, 0.3) is 0 Å².